The summed E-state index contributed by atoms with van der Waals surface area (Å²) in [5.74, 6) is 2.15. The van der Waals surface area contributed by atoms with Crippen LogP contribution in [-0.2, 0) is 6.54 Å². The van der Waals surface area contributed by atoms with Crippen LogP contribution in [0.4, 0.5) is 5.82 Å². The second-order valence-corrected chi connectivity index (χ2v) is 6.08. The van der Waals surface area contributed by atoms with Crippen molar-refractivity contribution in [1.29, 1.82) is 0 Å². The number of likely N-dealkylation sites (tertiary alicyclic amines) is 1. The Labute approximate surface area is 156 Å². The lowest BCUT2D eigenvalue weighted by Crippen LogP contribution is -2.39. The summed E-state index contributed by atoms with van der Waals surface area (Å²) >= 11 is 0. The van der Waals surface area contributed by atoms with Crippen LogP contribution in [0.15, 0.2) is 23.3 Å². The highest BCUT2D eigenvalue weighted by atomic mass is 127. The zero-order chi connectivity index (χ0) is 15.2. The summed E-state index contributed by atoms with van der Waals surface area (Å²) < 4.78 is 0. The van der Waals surface area contributed by atoms with Gasteiger partial charge in [0, 0.05) is 38.9 Å². The lowest BCUT2D eigenvalue weighted by molar-refractivity contribution is 0.493. The van der Waals surface area contributed by atoms with E-state index in [0.717, 1.165) is 44.5 Å². The standard InChI is InChI=1S/C17H27N5.HI/c1-2-18-17(22-11-5-6-12-22)20-14-15-7-8-16(19-13-15)21-9-3-4-10-21;/h7-8,13H,2-6,9-12,14H2,1H3,(H,18,20);1H. The first kappa shape index (κ1) is 18.3. The van der Waals surface area contributed by atoms with Gasteiger partial charge in [0.05, 0.1) is 6.54 Å². The molecule has 2 aliphatic heterocycles. The topological polar surface area (TPSA) is 43.8 Å². The lowest BCUT2D eigenvalue weighted by atomic mass is 10.3. The maximum Gasteiger partial charge on any atom is 0.194 e. The Balaban J connectivity index is 0.00000192. The maximum absolute atomic E-state index is 4.77. The van der Waals surface area contributed by atoms with Crippen LogP contribution < -0.4 is 10.2 Å². The van der Waals surface area contributed by atoms with Gasteiger partial charge < -0.3 is 15.1 Å². The average Bonchev–Trinajstić information content (AvgIpc) is 3.25. The molecule has 2 fully saturated rings. The number of nitrogens with zero attached hydrogens (tertiary/aromatic N) is 4. The van der Waals surface area contributed by atoms with Crippen molar-refractivity contribution in [1.82, 2.24) is 15.2 Å². The Kier molecular flexibility index (Phi) is 7.39. The van der Waals surface area contributed by atoms with Crippen LogP contribution in [0.3, 0.4) is 0 Å². The molecule has 0 aromatic carbocycles. The zero-order valence-corrected chi connectivity index (χ0v) is 16.3. The van der Waals surface area contributed by atoms with Crippen molar-refractivity contribution in [3.63, 3.8) is 0 Å². The van der Waals surface area contributed by atoms with Gasteiger partial charge in [-0.15, -0.1) is 24.0 Å². The van der Waals surface area contributed by atoms with Crippen molar-refractivity contribution < 1.29 is 0 Å². The molecule has 3 heterocycles. The van der Waals surface area contributed by atoms with Gasteiger partial charge in [0.1, 0.15) is 5.82 Å². The molecular weight excluding hydrogens is 401 g/mol. The molecule has 0 unspecified atom stereocenters. The van der Waals surface area contributed by atoms with Gasteiger partial charge >= 0.3 is 0 Å². The molecule has 0 spiro atoms. The first-order valence-electron chi connectivity index (χ1n) is 8.60. The summed E-state index contributed by atoms with van der Waals surface area (Å²) in [5.41, 5.74) is 1.18. The van der Waals surface area contributed by atoms with E-state index < -0.39 is 0 Å². The van der Waals surface area contributed by atoms with Gasteiger partial charge in [0.25, 0.3) is 0 Å². The highest BCUT2D eigenvalue weighted by molar-refractivity contribution is 14.0. The molecule has 0 bridgehead atoms. The van der Waals surface area contributed by atoms with Crippen molar-refractivity contribution in [2.75, 3.05) is 37.6 Å². The monoisotopic (exact) mass is 429 g/mol. The van der Waals surface area contributed by atoms with Gasteiger partial charge in [-0.1, -0.05) is 6.07 Å². The first-order chi connectivity index (χ1) is 10.9. The molecule has 0 amide bonds. The maximum atomic E-state index is 4.77. The Morgan fingerprint density at radius 3 is 2.43 bits per heavy atom. The molecule has 0 aliphatic carbocycles. The summed E-state index contributed by atoms with van der Waals surface area (Å²) in [6, 6.07) is 4.30. The molecule has 5 nitrogen and oxygen atoms in total. The molecule has 0 saturated carbocycles. The Morgan fingerprint density at radius 2 is 1.83 bits per heavy atom. The predicted octanol–water partition coefficient (Wildman–Crippen LogP) is 2.86. The van der Waals surface area contributed by atoms with E-state index in [1.165, 1.54) is 31.2 Å². The molecule has 6 heteroatoms. The second-order valence-electron chi connectivity index (χ2n) is 6.08. The van der Waals surface area contributed by atoms with Crippen LogP contribution in [0.25, 0.3) is 0 Å². The highest BCUT2D eigenvalue weighted by Crippen LogP contribution is 2.18. The third-order valence-corrected chi connectivity index (χ3v) is 4.39. The van der Waals surface area contributed by atoms with Crippen molar-refractivity contribution in [2.24, 2.45) is 4.99 Å². The molecule has 2 saturated heterocycles. The van der Waals surface area contributed by atoms with Crippen molar-refractivity contribution in [3.05, 3.63) is 23.9 Å². The zero-order valence-electron chi connectivity index (χ0n) is 14.0. The largest absolute Gasteiger partial charge is 0.357 e. The van der Waals surface area contributed by atoms with Crippen LogP contribution in [0, 0.1) is 0 Å². The number of hydrogen-bond acceptors (Lipinski definition) is 3. The fourth-order valence-corrected chi connectivity index (χ4v) is 3.16. The molecule has 1 aromatic heterocycles. The van der Waals surface area contributed by atoms with Gasteiger partial charge in [0.15, 0.2) is 5.96 Å². The third-order valence-electron chi connectivity index (χ3n) is 4.39. The van der Waals surface area contributed by atoms with E-state index >= 15 is 0 Å². The van der Waals surface area contributed by atoms with E-state index in [9.17, 15) is 0 Å². The Hall–Kier alpha value is -1.05. The van der Waals surface area contributed by atoms with E-state index in [2.05, 4.69) is 39.2 Å². The molecule has 0 radical (unpaired) electrons. The fraction of sp³-hybridized carbons (Fsp3) is 0.647. The average molecular weight is 429 g/mol. The van der Waals surface area contributed by atoms with Crippen LogP contribution in [0.2, 0.25) is 0 Å². The minimum Gasteiger partial charge on any atom is -0.357 e. The third kappa shape index (κ3) is 4.96. The van der Waals surface area contributed by atoms with Crippen molar-refractivity contribution >= 4 is 35.8 Å². The molecular formula is C17H28IN5. The predicted molar refractivity (Wildman–Crippen MR) is 107 cm³/mol. The molecule has 1 aromatic rings. The summed E-state index contributed by atoms with van der Waals surface area (Å²) in [4.78, 5) is 14.1. The SMILES string of the molecule is CCNC(=NCc1ccc(N2CCCC2)nc1)N1CCCC1.I. The van der Waals surface area contributed by atoms with Gasteiger partial charge in [0.2, 0.25) is 0 Å². The fourth-order valence-electron chi connectivity index (χ4n) is 3.16. The van der Waals surface area contributed by atoms with Crippen LogP contribution in [-0.4, -0.2) is 48.6 Å². The molecule has 23 heavy (non-hydrogen) atoms. The quantitative estimate of drug-likeness (QED) is 0.454. The Morgan fingerprint density at radius 1 is 1.13 bits per heavy atom. The highest BCUT2D eigenvalue weighted by Gasteiger charge is 2.15. The number of pyridine rings is 1. The van der Waals surface area contributed by atoms with E-state index in [-0.39, 0.29) is 24.0 Å². The minimum atomic E-state index is 0. The molecule has 3 rings (SSSR count). The number of halogens is 1. The van der Waals surface area contributed by atoms with Crippen LogP contribution in [0.5, 0.6) is 0 Å². The van der Waals surface area contributed by atoms with Gasteiger partial charge in [-0.05, 0) is 44.2 Å². The number of aromatic nitrogens is 1. The molecule has 0 atom stereocenters. The van der Waals surface area contributed by atoms with E-state index in [4.69, 9.17) is 4.99 Å². The summed E-state index contributed by atoms with van der Waals surface area (Å²) in [6.07, 6.45) is 7.10. The molecule has 1 N–H and O–H groups in total. The number of nitrogens with one attached hydrogen (secondary N) is 1. The van der Waals surface area contributed by atoms with Crippen LogP contribution in [0.1, 0.15) is 38.2 Å². The lowest BCUT2D eigenvalue weighted by Gasteiger charge is -2.20. The van der Waals surface area contributed by atoms with Gasteiger partial charge in [-0.25, -0.2) is 9.98 Å². The summed E-state index contributed by atoms with van der Waals surface area (Å²) in [7, 11) is 0. The normalized spacial score (nSPS) is 18.2. The number of anilines is 1. The molecule has 2 aliphatic rings. The summed E-state index contributed by atoms with van der Waals surface area (Å²) in [5, 5.41) is 3.40. The number of aliphatic imine (C=N–C) groups is 1. The number of rotatable bonds is 4. The Bertz CT molecular complexity index is 490. The second kappa shape index (κ2) is 9.30. The molecule has 128 valence electrons. The van der Waals surface area contributed by atoms with Crippen molar-refractivity contribution in [3.8, 4) is 0 Å². The van der Waals surface area contributed by atoms with E-state index in [0.29, 0.717) is 6.54 Å². The summed E-state index contributed by atoms with van der Waals surface area (Å²) in [6.45, 7) is 8.27. The van der Waals surface area contributed by atoms with Crippen molar-refractivity contribution in [2.45, 2.75) is 39.2 Å². The minimum absolute atomic E-state index is 0. The van der Waals surface area contributed by atoms with E-state index in [1.54, 1.807) is 0 Å². The van der Waals surface area contributed by atoms with Crippen LogP contribution >= 0.6 is 24.0 Å². The number of hydrogen-bond donors (Lipinski definition) is 1. The first-order valence-corrected chi connectivity index (χ1v) is 8.60. The van der Waals surface area contributed by atoms with Gasteiger partial charge in [-0.3, -0.25) is 0 Å². The smallest absolute Gasteiger partial charge is 0.194 e. The van der Waals surface area contributed by atoms with Gasteiger partial charge in [-0.2, -0.15) is 0 Å². The number of guanidine groups is 1. The van der Waals surface area contributed by atoms with E-state index in [1.807, 2.05) is 6.20 Å².